The summed E-state index contributed by atoms with van der Waals surface area (Å²) in [6.07, 6.45) is 5.90. The second-order valence-corrected chi connectivity index (χ2v) is 3.79. The van der Waals surface area contributed by atoms with Gasteiger partial charge in [0.15, 0.2) is 11.6 Å². The van der Waals surface area contributed by atoms with E-state index in [1.165, 1.54) is 12.1 Å². The molecule has 0 bridgehead atoms. The molecule has 0 saturated carbocycles. The van der Waals surface area contributed by atoms with Crippen molar-refractivity contribution >= 4 is 10.8 Å². The van der Waals surface area contributed by atoms with E-state index in [2.05, 4.69) is 5.92 Å². The van der Waals surface area contributed by atoms with Crippen LogP contribution in [0.25, 0.3) is 10.8 Å². The number of benzene rings is 2. The lowest BCUT2D eigenvalue weighted by molar-refractivity contribution is 0.433. The molecule has 0 radical (unpaired) electrons. The highest BCUT2D eigenvalue weighted by atomic mass is 19.1. The summed E-state index contributed by atoms with van der Waals surface area (Å²) in [5.41, 5.74) is 0.795. The second-order valence-electron chi connectivity index (χ2n) is 3.79. The normalized spacial score (nSPS) is 10.4. The minimum atomic E-state index is -0.791. The number of hydrogen-bond donors (Lipinski definition) is 2. The summed E-state index contributed by atoms with van der Waals surface area (Å²) in [4.78, 5) is 0. The van der Waals surface area contributed by atoms with Crippen molar-refractivity contribution in [2.24, 2.45) is 0 Å². The van der Waals surface area contributed by atoms with Gasteiger partial charge in [-0.15, -0.1) is 6.42 Å². The molecule has 0 aromatic heterocycles. The zero-order valence-electron chi connectivity index (χ0n) is 9.29. The van der Waals surface area contributed by atoms with E-state index in [0.717, 1.165) is 5.56 Å². The second kappa shape index (κ2) is 3.99. The minimum absolute atomic E-state index is 0.0388. The van der Waals surface area contributed by atoms with E-state index < -0.39 is 11.6 Å². The molecule has 0 aliphatic heterocycles. The largest absolute Gasteiger partial charge is 0.508 e. The predicted octanol–water partition coefficient (Wildman–Crippen LogP) is 2.93. The molecule has 0 atom stereocenters. The van der Waals surface area contributed by atoms with Crippen molar-refractivity contribution in [1.82, 2.24) is 0 Å². The molecule has 2 nitrogen and oxygen atoms in total. The van der Waals surface area contributed by atoms with Gasteiger partial charge in [-0.05, 0) is 35.6 Å². The number of phenols is 2. The monoisotopic (exact) mass is 230 g/mol. The molecule has 0 saturated heterocycles. The Morgan fingerprint density at radius 1 is 1.29 bits per heavy atom. The van der Waals surface area contributed by atoms with E-state index in [1.54, 1.807) is 6.07 Å². The minimum Gasteiger partial charge on any atom is -0.508 e. The number of terminal acetylenes is 1. The Bertz CT molecular complexity index is 639. The van der Waals surface area contributed by atoms with Gasteiger partial charge in [0, 0.05) is 5.39 Å². The van der Waals surface area contributed by atoms with Gasteiger partial charge >= 0.3 is 0 Å². The van der Waals surface area contributed by atoms with Gasteiger partial charge in [0.1, 0.15) is 5.75 Å². The van der Waals surface area contributed by atoms with Crippen LogP contribution in [-0.2, 0) is 6.42 Å². The van der Waals surface area contributed by atoms with Crippen LogP contribution in [0.2, 0.25) is 0 Å². The number of halogens is 1. The molecule has 0 aliphatic carbocycles. The van der Waals surface area contributed by atoms with E-state index in [0.29, 0.717) is 17.2 Å². The Balaban J connectivity index is 3.02. The van der Waals surface area contributed by atoms with Gasteiger partial charge < -0.3 is 10.2 Å². The molecule has 0 heterocycles. The highest BCUT2D eigenvalue weighted by molar-refractivity contribution is 5.93. The Kier molecular flexibility index (Phi) is 2.64. The molecule has 2 aromatic carbocycles. The first kappa shape index (κ1) is 11.3. The lowest BCUT2D eigenvalue weighted by Gasteiger charge is -2.10. The van der Waals surface area contributed by atoms with Crippen LogP contribution in [0, 0.1) is 18.2 Å². The van der Waals surface area contributed by atoms with E-state index >= 15 is 0 Å². The molecule has 2 N–H and O–H groups in total. The predicted molar refractivity (Wildman–Crippen MR) is 64.5 cm³/mol. The van der Waals surface area contributed by atoms with Gasteiger partial charge in [-0.25, -0.2) is 4.39 Å². The molecule has 0 spiro atoms. The molecule has 17 heavy (non-hydrogen) atoms. The Hall–Kier alpha value is -2.21. The average Bonchev–Trinajstić information content (AvgIpc) is 2.30. The zero-order valence-corrected chi connectivity index (χ0v) is 9.29. The summed E-state index contributed by atoms with van der Waals surface area (Å²) in [6.45, 7) is 1.89. The third-order valence-electron chi connectivity index (χ3n) is 2.75. The summed E-state index contributed by atoms with van der Waals surface area (Å²) in [6, 6.07) is 4.28. The Morgan fingerprint density at radius 2 is 2.00 bits per heavy atom. The molecule has 0 fully saturated rings. The van der Waals surface area contributed by atoms with E-state index in [9.17, 15) is 14.6 Å². The summed E-state index contributed by atoms with van der Waals surface area (Å²) in [5, 5.41) is 20.1. The number of rotatable bonds is 1. The van der Waals surface area contributed by atoms with Gasteiger partial charge in [0.25, 0.3) is 0 Å². The third-order valence-corrected chi connectivity index (χ3v) is 2.75. The third kappa shape index (κ3) is 1.68. The fraction of sp³-hybridized carbons (Fsp3) is 0.143. The van der Waals surface area contributed by atoms with Crippen LogP contribution in [0.3, 0.4) is 0 Å². The highest BCUT2D eigenvalue weighted by Crippen LogP contribution is 2.33. The van der Waals surface area contributed by atoms with E-state index in [1.807, 2.05) is 6.92 Å². The maximum atomic E-state index is 13.7. The Morgan fingerprint density at radius 3 is 2.59 bits per heavy atom. The summed E-state index contributed by atoms with van der Waals surface area (Å²) in [5.74, 6) is 1.04. The van der Waals surface area contributed by atoms with E-state index in [-0.39, 0.29) is 11.3 Å². The van der Waals surface area contributed by atoms with Crippen molar-refractivity contribution in [2.75, 3.05) is 0 Å². The Labute approximate surface area is 98.3 Å². The van der Waals surface area contributed by atoms with Gasteiger partial charge in [-0.1, -0.05) is 12.8 Å². The first-order valence-electron chi connectivity index (χ1n) is 5.22. The van der Waals surface area contributed by atoms with Crippen LogP contribution in [0.15, 0.2) is 18.2 Å². The molecule has 3 heteroatoms. The van der Waals surface area contributed by atoms with Gasteiger partial charge in [0.05, 0.1) is 5.56 Å². The van der Waals surface area contributed by atoms with E-state index in [4.69, 9.17) is 6.42 Å². The van der Waals surface area contributed by atoms with Gasteiger partial charge in [-0.3, -0.25) is 0 Å². The molecule has 2 aromatic rings. The van der Waals surface area contributed by atoms with Crippen molar-refractivity contribution < 1.29 is 14.6 Å². The summed E-state index contributed by atoms with van der Waals surface area (Å²) < 4.78 is 13.7. The maximum absolute atomic E-state index is 13.7. The van der Waals surface area contributed by atoms with Crippen LogP contribution in [0.1, 0.15) is 18.1 Å². The van der Waals surface area contributed by atoms with Crippen LogP contribution < -0.4 is 0 Å². The topological polar surface area (TPSA) is 40.5 Å². The SMILES string of the molecule is C#Cc1c(F)c(O)cc2cc(O)cc(CC)c12. The van der Waals surface area contributed by atoms with Crippen LogP contribution in [0.4, 0.5) is 4.39 Å². The number of aromatic hydroxyl groups is 2. The van der Waals surface area contributed by atoms with Gasteiger partial charge in [0.2, 0.25) is 0 Å². The molecule has 0 unspecified atom stereocenters. The number of hydrogen-bond acceptors (Lipinski definition) is 2. The smallest absolute Gasteiger partial charge is 0.181 e. The fourth-order valence-corrected chi connectivity index (χ4v) is 1.99. The molecular formula is C14H11FO2. The number of phenolic OH excluding ortho intramolecular Hbond substituents is 2. The quantitative estimate of drug-likeness (QED) is 0.739. The van der Waals surface area contributed by atoms with Crippen molar-refractivity contribution in [2.45, 2.75) is 13.3 Å². The lowest BCUT2D eigenvalue weighted by atomic mass is 9.96. The first-order chi connectivity index (χ1) is 8.08. The number of fused-ring (bicyclic) bond motifs is 1. The maximum Gasteiger partial charge on any atom is 0.181 e. The molecule has 2 rings (SSSR count). The highest BCUT2D eigenvalue weighted by Gasteiger charge is 2.14. The van der Waals surface area contributed by atoms with Crippen LogP contribution in [-0.4, -0.2) is 10.2 Å². The molecule has 0 amide bonds. The molecular weight excluding hydrogens is 219 g/mol. The summed E-state index contributed by atoms with van der Waals surface area (Å²) >= 11 is 0. The standard InChI is InChI=1S/C14H11FO2/c1-3-8-5-10(16)6-9-7-12(17)14(15)11(4-2)13(8)9/h2,5-7,16-17H,3H2,1H3. The molecule has 0 aliphatic rings. The lowest BCUT2D eigenvalue weighted by Crippen LogP contribution is -1.92. The average molecular weight is 230 g/mol. The zero-order chi connectivity index (χ0) is 12.6. The van der Waals surface area contributed by atoms with Crippen molar-refractivity contribution in [3.8, 4) is 23.8 Å². The van der Waals surface area contributed by atoms with Crippen molar-refractivity contribution in [1.29, 1.82) is 0 Å². The van der Waals surface area contributed by atoms with Crippen LogP contribution >= 0.6 is 0 Å². The fourth-order valence-electron chi connectivity index (χ4n) is 1.99. The first-order valence-corrected chi connectivity index (χ1v) is 5.22. The van der Waals surface area contributed by atoms with Gasteiger partial charge in [-0.2, -0.15) is 0 Å². The number of aryl methyl sites for hydroxylation is 1. The van der Waals surface area contributed by atoms with Crippen LogP contribution in [0.5, 0.6) is 11.5 Å². The molecule has 86 valence electrons. The summed E-state index contributed by atoms with van der Waals surface area (Å²) in [7, 11) is 0. The van der Waals surface area contributed by atoms with Crippen molar-refractivity contribution in [3.05, 3.63) is 35.1 Å². The van der Waals surface area contributed by atoms with Crippen molar-refractivity contribution in [3.63, 3.8) is 0 Å².